The highest BCUT2D eigenvalue weighted by atomic mass is 35.5. The average Bonchev–Trinajstić information content (AvgIpc) is 2.38. The third-order valence-electron chi connectivity index (χ3n) is 2.35. The SMILES string of the molecule is N=S(=O)(/C=C/c1ccccc1Cl)c1cc(Cl)ccn1. The van der Waals surface area contributed by atoms with Crippen molar-refractivity contribution in [2.75, 3.05) is 0 Å². The zero-order valence-corrected chi connectivity index (χ0v) is 12.0. The highest BCUT2D eigenvalue weighted by Crippen LogP contribution is 2.20. The van der Waals surface area contributed by atoms with Crippen LogP contribution in [0.15, 0.2) is 53.0 Å². The largest absolute Gasteiger partial charge is 0.246 e. The van der Waals surface area contributed by atoms with Crippen LogP contribution in [0.2, 0.25) is 10.0 Å². The molecule has 0 amide bonds. The fraction of sp³-hybridized carbons (Fsp3) is 0. The lowest BCUT2D eigenvalue weighted by atomic mass is 10.2. The Labute approximate surface area is 121 Å². The van der Waals surface area contributed by atoms with Crippen LogP contribution in [0.3, 0.4) is 0 Å². The van der Waals surface area contributed by atoms with Crippen LogP contribution in [0.1, 0.15) is 5.56 Å². The first-order valence-electron chi connectivity index (χ1n) is 5.32. The van der Waals surface area contributed by atoms with Crippen LogP contribution in [0.25, 0.3) is 6.08 Å². The van der Waals surface area contributed by atoms with Gasteiger partial charge in [0.05, 0.1) is 0 Å². The molecule has 1 N–H and O–H groups in total. The van der Waals surface area contributed by atoms with Gasteiger partial charge in [0.25, 0.3) is 0 Å². The highest BCUT2D eigenvalue weighted by Gasteiger charge is 2.08. The molecule has 1 aromatic heterocycles. The molecule has 0 aliphatic heterocycles. The Bertz CT molecular complexity index is 727. The van der Waals surface area contributed by atoms with Crippen molar-refractivity contribution in [1.82, 2.24) is 4.98 Å². The quantitative estimate of drug-likeness (QED) is 0.909. The Balaban J connectivity index is 2.35. The van der Waals surface area contributed by atoms with Crippen LogP contribution in [-0.2, 0) is 9.73 Å². The number of nitrogens with one attached hydrogen (secondary N) is 1. The van der Waals surface area contributed by atoms with E-state index in [1.165, 1.54) is 17.7 Å². The van der Waals surface area contributed by atoms with Crippen LogP contribution in [0.4, 0.5) is 0 Å². The fourth-order valence-corrected chi connectivity index (χ4v) is 2.82. The van der Waals surface area contributed by atoms with Crippen molar-refractivity contribution >= 4 is 39.0 Å². The highest BCUT2D eigenvalue weighted by molar-refractivity contribution is 7.95. The van der Waals surface area contributed by atoms with E-state index in [1.807, 2.05) is 6.07 Å². The molecule has 0 radical (unpaired) electrons. The van der Waals surface area contributed by atoms with Gasteiger partial charge in [-0.15, -0.1) is 0 Å². The van der Waals surface area contributed by atoms with Crippen molar-refractivity contribution < 1.29 is 4.21 Å². The molecule has 3 nitrogen and oxygen atoms in total. The van der Waals surface area contributed by atoms with Gasteiger partial charge in [-0.25, -0.2) is 14.0 Å². The molecule has 1 aromatic carbocycles. The molecule has 6 heteroatoms. The lowest BCUT2D eigenvalue weighted by Crippen LogP contribution is -1.97. The summed E-state index contributed by atoms with van der Waals surface area (Å²) in [6, 6.07) is 10.1. The molecule has 98 valence electrons. The molecule has 1 atom stereocenters. The lowest BCUT2D eigenvalue weighted by Gasteiger charge is -2.02. The molecular formula is C13H10Cl2N2OS. The van der Waals surface area contributed by atoms with Gasteiger partial charge >= 0.3 is 0 Å². The van der Waals surface area contributed by atoms with Gasteiger partial charge in [-0.1, -0.05) is 41.4 Å². The second-order valence-corrected chi connectivity index (χ2v) is 6.47. The van der Waals surface area contributed by atoms with Crippen molar-refractivity contribution in [1.29, 1.82) is 4.78 Å². The third-order valence-corrected chi connectivity index (χ3v) is 4.30. The summed E-state index contributed by atoms with van der Waals surface area (Å²) in [7, 11) is -3.13. The van der Waals surface area contributed by atoms with E-state index >= 15 is 0 Å². The maximum Gasteiger partial charge on any atom is 0.141 e. The summed E-state index contributed by atoms with van der Waals surface area (Å²) < 4.78 is 20.1. The summed E-state index contributed by atoms with van der Waals surface area (Å²) in [5.74, 6) is 0. The van der Waals surface area contributed by atoms with Crippen molar-refractivity contribution in [3.8, 4) is 0 Å². The van der Waals surface area contributed by atoms with Gasteiger partial charge in [0, 0.05) is 21.7 Å². The number of nitrogens with zero attached hydrogens (tertiary/aromatic N) is 1. The molecule has 1 heterocycles. The van der Waals surface area contributed by atoms with E-state index in [4.69, 9.17) is 28.0 Å². The molecule has 1 unspecified atom stereocenters. The first-order valence-corrected chi connectivity index (χ1v) is 7.70. The molecule has 2 rings (SSSR count). The van der Waals surface area contributed by atoms with E-state index in [9.17, 15) is 4.21 Å². The first kappa shape index (κ1) is 14.1. The van der Waals surface area contributed by atoms with Gasteiger partial charge in [0.15, 0.2) is 0 Å². The molecule has 0 fully saturated rings. The summed E-state index contributed by atoms with van der Waals surface area (Å²) in [6.45, 7) is 0. The Morgan fingerprint density at radius 2 is 1.95 bits per heavy atom. The van der Waals surface area contributed by atoms with Crippen LogP contribution in [-0.4, -0.2) is 9.19 Å². The van der Waals surface area contributed by atoms with E-state index < -0.39 is 9.73 Å². The Morgan fingerprint density at radius 3 is 2.63 bits per heavy atom. The Hall–Kier alpha value is -1.36. The van der Waals surface area contributed by atoms with Crippen LogP contribution >= 0.6 is 23.2 Å². The van der Waals surface area contributed by atoms with Crippen molar-refractivity contribution in [2.24, 2.45) is 0 Å². The topological polar surface area (TPSA) is 53.8 Å². The lowest BCUT2D eigenvalue weighted by molar-refractivity contribution is 0.678. The molecular weight excluding hydrogens is 303 g/mol. The van der Waals surface area contributed by atoms with E-state index in [1.54, 1.807) is 30.3 Å². The second kappa shape index (κ2) is 5.74. The number of rotatable bonds is 3. The van der Waals surface area contributed by atoms with Crippen LogP contribution < -0.4 is 0 Å². The number of halogens is 2. The normalized spacial score (nSPS) is 14.4. The summed E-state index contributed by atoms with van der Waals surface area (Å²) in [6.07, 6.45) is 2.98. The van der Waals surface area contributed by atoms with E-state index in [-0.39, 0.29) is 5.03 Å². The molecule has 0 bridgehead atoms. The Kier molecular flexibility index (Phi) is 4.24. The van der Waals surface area contributed by atoms with Crippen LogP contribution in [0, 0.1) is 4.78 Å². The number of hydrogen-bond donors (Lipinski definition) is 1. The summed E-state index contributed by atoms with van der Waals surface area (Å²) >= 11 is 11.8. The summed E-state index contributed by atoms with van der Waals surface area (Å²) in [5, 5.41) is 2.35. The van der Waals surface area contributed by atoms with Crippen molar-refractivity contribution in [3.63, 3.8) is 0 Å². The predicted octanol–water partition coefficient (Wildman–Crippen LogP) is 4.46. The van der Waals surface area contributed by atoms with Gasteiger partial charge in [0.1, 0.15) is 14.8 Å². The monoisotopic (exact) mass is 312 g/mol. The van der Waals surface area contributed by atoms with Gasteiger partial charge in [-0.3, -0.25) is 0 Å². The van der Waals surface area contributed by atoms with E-state index in [2.05, 4.69) is 4.98 Å². The smallest absolute Gasteiger partial charge is 0.141 e. The van der Waals surface area contributed by atoms with E-state index in [0.29, 0.717) is 15.6 Å². The zero-order chi connectivity index (χ0) is 13.9. The van der Waals surface area contributed by atoms with Gasteiger partial charge in [-0.05, 0) is 29.8 Å². The van der Waals surface area contributed by atoms with Crippen LogP contribution in [0.5, 0.6) is 0 Å². The number of aromatic nitrogens is 1. The maximum absolute atomic E-state index is 12.2. The molecule has 0 saturated heterocycles. The second-order valence-electron chi connectivity index (χ2n) is 3.74. The zero-order valence-electron chi connectivity index (χ0n) is 9.72. The molecule has 0 spiro atoms. The Morgan fingerprint density at radius 1 is 1.21 bits per heavy atom. The van der Waals surface area contributed by atoms with Gasteiger partial charge in [-0.2, -0.15) is 0 Å². The van der Waals surface area contributed by atoms with Crippen molar-refractivity contribution in [2.45, 2.75) is 5.03 Å². The number of benzene rings is 1. The molecule has 0 aliphatic carbocycles. The average molecular weight is 313 g/mol. The number of pyridine rings is 1. The fourth-order valence-electron chi connectivity index (χ4n) is 1.40. The number of hydrogen-bond acceptors (Lipinski definition) is 3. The van der Waals surface area contributed by atoms with Crippen molar-refractivity contribution in [3.05, 3.63) is 63.6 Å². The molecule has 0 saturated carbocycles. The molecule has 0 aliphatic rings. The van der Waals surface area contributed by atoms with Gasteiger partial charge < -0.3 is 0 Å². The molecule has 19 heavy (non-hydrogen) atoms. The predicted molar refractivity (Wildman–Crippen MR) is 78.9 cm³/mol. The molecule has 2 aromatic rings. The first-order chi connectivity index (χ1) is 8.99. The van der Waals surface area contributed by atoms with E-state index in [0.717, 1.165) is 0 Å². The minimum absolute atomic E-state index is 0.128. The maximum atomic E-state index is 12.2. The standard InChI is InChI=1S/C13H10Cl2N2OS/c14-11-5-7-17-13(9-11)19(16,18)8-6-10-3-1-2-4-12(10)15/h1-9,16H/b8-6+. The minimum Gasteiger partial charge on any atom is -0.246 e. The summed E-state index contributed by atoms with van der Waals surface area (Å²) in [4.78, 5) is 3.91. The minimum atomic E-state index is -3.13. The third kappa shape index (κ3) is 3.56. The summed E-state index contributed by atoms with van der Waals surface area (Å²) in [5.41, 5.74) is 0.700. The van der Waals surface area contributed by atoms with Gasteiger partial charge in [0.2, 0.25) is 0 Å².